The quantitative estimate of drug-likeness (QED) is 0.600. The molecule has 0 saturated heterocycles. The molecule has 0 bridgehead atoms. The Morgan fingerprint density at radius 3 is 1.94 bits per heavy atom. The van der Waals surface area contributed by atoms with Crippen molar-refractivity contribution in [3.05, 3.63) is 0 Å². The van der Waals surface area contributed by atoms with Crippen molar-refractivity contribution in [3.63, 3.8) is 0 Å². The van der Waals surface area contributed by atoms with Crippen LogP contribution in [0.2, 0.25) is 0 Å². The van der Waals surface area contributed by atoms with Gasteiger partial charge in [0.2, 0.25) is 0 Å². The smallest absolute Gasteiger partial charge is 0.302 e. The third-order valence-corrected chi connectivity index (χ3v) is 4.00. The third kappa shape index (κ3) is 7.93. The van der Waals surface area contributed by atoms with Gasteiger partial charge in [-0.25, -0.2) is 4.57 Å². The second-order valence-corrected chi connectivity index (χ2v) is 6.01. The predicted molar refractivity (Wildman–Crippen MR) is 70.0 cm³/mol. The van der Waals surface area contributed by atoms with E-state index in [1.54, 1.807) is 6.92 Å². The molecule has 0 aromatic carbocycles. The fourth-order valence-electron chi connectivity index (χ4n) is 1.79. The Labute approximate surface area is 105 Å². The van der Waals surface area contributed by atoms with E-state index >= 15 is 0 Å². The van der Waals surface area contributed by atoms with Crippen LogP contribution in [0.4, 0.5) is 0 Å². The number of unbranched alkanes of at least 4 members (excludes halogenated alkanes) is 2. The molecular formula is C12H27O4P. The minimum atomic E-state index is -3.89. The molecule has 1 atom stereocenters. The highest BCUT2D eigenvalue weighted by Gasteiger charge is 2.34. The molecule has 0 aliphatic rings. The zero-order chi connectivity index (χ0) is 13.4. The first-order chi connectivity index (χ1) is 7.89. The van der Waals surface area contributed by atoms with Crippen LogP contribution in [-0.2, 0) is 13.6 Å². The molecule has 0 rings (SSSR count). The maximum atomic E-state index is 11.7. The summed E-state index contributed by atoms with van der Waals surface area (Å²) >= 11 is 0. The van der Waals surface area contributed by atoms with Gasteiger partial charge in [-0.15, -0.1) is 0 Å². The molecule has 0 amide bonds. The van der Waals surface area contributed by atoms with E-state index < -0.39 is 13.4 Å². The lowest BCUT2D eigenvalue weighted by molar-refractivity contribution is 0.0205. The van der Waals surface area contributed by atoms with Crippen LogP contribution < -0.4 is 0 Å². The van der Waals surface area contributed by atoms with Gasteiger partial charge in [-0.3, -0.25) is 9.05 Å². The summed E-state index contributed by atoms with van der Waals surface area (Å²) in [6.45, 7) is 7.97. The summed E-state index contributed by atoms with van der Waals surface area (Å²) in [7, 11) is -3.89. The van der Waals surface area contributed by atoms with Crippen LogP contribution in [0.25, 0.3) is 0 Å². The lowest BCUT2D eigenvalue weighted by atomic mass is 9.93. The van der Waals surface area contributed by atoms with Crippen molar-refractivity contribution < 1.29 is 18.5 Å². The molecule has 0 radical (unpaired) electrons. The Morgan fingerprint density at radius 2 is 1.59 bits per heavy atom. The Balaban J connectivity index is 4.50. The van der Waals surface area contributed by atoms with Crippen molar-refractivity contribution in [2.75, 3.05) is 6.61 Å². The lowest BCUT2D eigenvalue weighted by Crippen LogP contribution is -2.28. The molecule has 0 heterocycles. The van der Waals surface area contributed by atoms with Crippen molar-refractivity contribution in [1.82, 2.24) is 0 Å². The summed E-state index contributed by atoms with van der Waals surface area (Å²) < 4.78 is 21.8. The van der Waals surface area contributed by atoms with Crippen LogP contribution in [0.3, 0.4) is 0 Å². The van der Waals surface area contributed by atoms with Crippen LogP contribution >= 0.6 is 7.82 Å². The topological polar surface area (TPSA) is 55.8 Å². The zero-order valence-corrected chi connectivity index (χ0v) is 12.5. The number of phosphoric acid groups is 1. The zero-order valence-electron chi connectivity index (χ0n) is 11.6. The molecule has 0 aliphatic carbocycles. The molecule has 0 aromatic rings. The van der Waals surface area contributed by atoms with Gasteiger partial charge in [-0.2, -0.15) is 0 Å². The summed E-state index contributed by atoms with van der Waals surface area (Å²) in [6.07, 6.45) is 5.67. The third-order valence-electron chi connectivity index (χ3n) is 2.75. The number of rotatable bonds is 10. The van der Waals surface area contributed by atoms with Gasteiger partial charge in [-0.1, -0.05) is 39.5 Å². The Hall–Kier alpha value is 0.110. The fourth-order valence-corrected chi connectivity index (χ4v) is 2.90. The Morgan fingerprint density at radius 1 is 1.12 bits per heavy atom. The normalized spacial score (nSPS) is 15.8. The monoisotopic (exact) mass is 266 g/mol. The number of phosphoric ester groups is 1. The molecule has 4 nitrogen and oxygen atoms in total. The summed E-state index contributed by atoms with van der Waals surface area (Å²) in [4.78, 5) is 9.56. The first-order valence-corrected chi connectivity index (χ1v) is 8.06. The van der Waals surface area contributed by atoms with Crippen molar-refractivity contribution >= 4 is 7.82 Å². The second kappa shape index (κ2) is 8.25. The van der Waals surface area contributed by atoms with E-state index in [-0.39, 0.29) is 6.61 Å². The van der Waals surface area contributed by atoms with E-state index in [2.05, 4.69) is 13.8 Å². The maximum absolute atomic E-state index is 11.7. The summed E-state index contributed by atoms with van der Waals surface area (Å²) in [5, 5.41) is 0. The minimum Gasteiger partial charge on any atom is -0.302 e. The molecule has 104 valence electrons. The number of hydrogen-bond donors (Lipinski definition) is 1. The van der Waals surface area contributed by atoms with Gasteiger partial charge in [0.15, 0.2) is 0 Å². The van der Waals surface area contributed by atoms with E-state index in [1.807, 2.05) is 6.92 Å². The van der Waals surface area contributed by atoms with Crippen LogP contribution in [-0.4, -0.2) is 17.1 Å². The molecule has 0 aliphatic heterocycles. The van der Waals surface area contributed by atoms with Crippen LogP contribution in [0, 0.1) is 0 Å². The van der Waals surface area contributed by atoms with Gasteiger partial charge >= 0.3 is 7.82 Å². The molecular weight excluding hydrogens is 239 g/mol. The largest absolute Gasteiger partial charge is 0.472 e. The van der Waals surface area contributed by atoms with Crippen LogP contribution in [0.1, 0.15) is 66.2 Å². The molecule has 0 saturated carbocycles. The van der Waals surface area contributed by atoms with E-state index in [0.29, 0.717) is 0 Å². The van der Waals surface area contributed by atoms with Crippen molar-refractivity contribution in [2.45, 2.75) is 71.8 Å². The fraction of sp³-hybridized carbons (Fsp3) is 1.00. The first-order valence-electron chi connectivity index (χ1n) is 6.57. The first kappa shape index (κ1) is 17.1. The average Bonchev–Trinajstić information content (AvgIpc) is 2.23. The molecule has 5 heteroatoms. The van der Waals surface area contributed by atoms with E-state index in [4.69, 9.17) is 9.05 Å². The van der Waals surface area contributed by atoms with E-state index in [1.165, 1.54) is 0 Å². The van der Waals surface area contributed by atoms with Gasteiger partial charge in [0, 0.05) is 0 Å². The SMILES string of the molecule is CCCCC(C)(CCCC)OP(=O)(O)OCC. The van der Waals surface area contributed by atoms with Crippen molar-refractivity contribution in [2.24, 2.45) is 0 Å². The van der Waals surface area contributed by atoms with Gasteiger partial charge in [0.1, 0.15) is 0 Å². The highest BCUT2D eigenvalue weighted by molar-refractivity contribution is 7.47. The molecule has 0 spiro atoms. The standard InChI is InChI=1S/C12H27O4P/c1-5-8-10-12(4,11-9-6-2)16-17(13,14)15-7-3/h5-11H2,1-4H3,(H,13,14). The Bertz CT molecular complexity index is 235. The summed E-state index contributed by atoms with van der Waals surface area (Å²) in [6, 6.07) is 0. The molecule has 1 N–H and O–H groups in total. The van der Waals surface area contributed by atoms with Gasteiger partial charge in [0.25, 0.3) is 0 Å². The van der Waals surface area contributed by atoms with Crippen molar-refractivity contribution in [1.29, 1.82) is 0 Å². The molecule has 0 aromatic heterocycles. The van der Waals surface area contributed by atoms with Gasteiger partial charge < -0.3 is 4.89 Å². The maximum Gasteiger partial charge on any atom is 0.472 e. The molecule has 1 unspecified atom stereocenters. The van der Waals surface area contributed by atoms with Gasteiger partial charge in [-0.05, 0) is 26.7 Å². The summed E-state index contributed by atoms with van der Waals surface area (Å²) in [5.41, 5.74) is -0.550. The number of hydrogen-bond acceptors (Lipinski definition) is 3. The second-order valence-electron chi connectivity index (χ2n) is 4.63. The van der Waals surface area contributed by atoms with E-state index in [9.17, 15) is 9.46 Å². The molecule has 0 fully saturated rings. The highest BCUT2D eigenvalue weighted by atomic mass is 31.2. The highest BCUT2D eigenvalue weighted by Crippen LogP contribution is 2.49. The average molecular weight is 266 g/mol. The Kier molecular flexibility index (Phi) is 8.31. The van der Waals surface area contributed by atoms with Crippen LogP contribution in [0.15, 0.2) is 0 Å². The van der Waals surface area contributed by atoms with Crippen LogP contribution in [0.5, 0.6) is 0 Å². The van der Waals surface area contributed by atoms with Crippen molar-refractivity contribution in [3.8, 4) is 0 Å². The predicted octanol–water partition coefficient (Wildman–Crippen LogP) is 4.28. The lowest BCUT2D eigenvalue weighted by Gasteiger charge is -2.31. The molecule has 17 heavy (non-hydrogen) atoms. The summed E-state index contributed by atoms with van der Waals surface area (Å²) in [5.74, 6) is 0. The minimum absolute atomic E-state index is 0.186. The van der Waals surface area contributed by atoms with Gasteiger partial charge in [0.05, 0.1) is 12.2 Å². The van der Waals surface area contributed by atoms with E-state index in [0.717, 1.165) is 38.5 Å².